The van der Waals surface area contributed by atoms with Gasteiger partial charge in [0.1, 0.15) is 0 Å². The molecule has 23 heavy (non-hydrogen) atoms. The number of ether oxygens (including phenoxy) is 1. The number of piperazine rings is 1. The number of methoxy groups -OCH3 is 1. The van der Waals surface area contributed by atoms with Gasteiger partial charge >= 0.3 is 0 Å². The van der Waals surface area contributed by atoms with E-state index >= 15 is 0 Å². The third-order valence-electron chi connectivity index (χ3n) is 4.66. The Morgan fingerprint density at radius 3 is 2.65 bits per heavy atom. The number of phenolic OH excluding ortho intramolecular Hbond substituents is 1. The first-order chi connectivity index (χ1) is 10.8. The molecule has 0 unspecified atom stereocenters. The minimum atomic E-state index is -3.16. The first-order valence-electron chi connectivity index (χ1n) is 7.41. The average Bonchev–Trinajstić information content (AvgIpc) is 2.83. The zero-order valence-electron chi connectivity index (χ0n) is 13.1. The second kappa shape index (κ2) is 5.68. The molecule has 1 amide bonds. The number of phenols is 1. The van der Waals surface area contributed by atoms with Gasteiger partial charge in [0.25, 0.3) is 5.91 Å². The van der Waals surface area contributed by atoms with Gasteiger partial charge in [-0.3, -0.25) is 9.69 Å². The molecule has 0 spiro atoms. The number of amides is 1. The number of benzene rings is 1. The molecule has 3 rings (SSSR count). The predicted molar refractivity (Wildman–Crippen MR) is 84.6 cm³/mol. The minimum absolute atomic E-state index is 0.0293. The Morgan fingerprint density at radius 2 is 1.96 bits per heavy atom. The Kier molecular flexibility index (Phi) is 3.97. The fraction of sp³-hybridized carbons (Fsp3) is 0.533. The van der Waals surface area contributed by atoms with Crippen LogP contribution in [-0.4, -0.2) is 80.1 Å². The highest BCUT2D eigenvalue weighted by atomic mass is 32.2. The zero-order chi connectivity index (χ0) is 16.8. The number of carbonyl (C=O) groups excluding carboxylic acids is 1. The monoisotopic (exact) mass is 340 g/mol. The Labute approximate surface area is 135 Å². The molecule has 2 atom stereocenters. The van der Waals surface area contributed by atoms with Crippen LogP contribution in [0, 0.1) is 0 Å². The van der Waals surface area contributed by atoms with Crippen LogP contribution in [0.25, 0.3) is 0 Å². The Bertz CT molecular complexity index is 733. The number of para-hydroxylation sites is 1. The van der Waals surface area contributed by atoms with Gasteiger partial charge in [0.05, 0.1) is 30.2 Å². The van der Waals surface area contributed by atoms with Crippen LogP contribution >= 0.6 is 0 Å². The smallest absolute Gasteiger partial charge is 0.258 e. The van der Waals surface area contributed by atoms with E-state index in [9.17, 15) is 18.3 Å². The van der Waals surface area contributed by atoms with E-state index in [-0.39, 0.29) is 46.6 Å². The van der Waals surface area contributed by atoms with E-state index in [2.05, 4.69) is 0 Å². The van der Waals surface area contributed by atoms with Crippen molar-refractivity contribution in [2.45, 2.75) is 12.1 Å². The SMILES string of the molecule is COc1cccc(C(=O)N2CCN(C)[C@H]3CS(=O)(=O)C[C@H]32)c1O. The maximum Gasteiger partial charge on any atom is 0.258 e. The molecule has 0 aromatic heterocycles. The lowest BCUT2D eigenvalue weighted by molar-refractivity contribution is 0.0407. The van der Waals surface area contributed by atoms with Crippen LogP contribution in [0.3, 0.4) is 0 Å². The van der Waals surface area contributed by atoms with Gasteiger partial charge in [-0.05, 0) is 19.2 Å². The topological polar surface area (TPSA) is 87.2 Å². The first kappa shape index (κ1) is 16.1. The van der Waals surface area contributed by atoms with E-state index in [4.69, 9.17) is 4.74 Å². The van der Waals surface area contributed by atoms with Crippen molar-refractivity contribution in [2.24, 2.45) is 0 Å². The second-order valence-electron chi connectivity index (χ2n) is 6.05. The molecule has 2 aliphatic heterocycles. The van der Waals surface area contributed by atoms with Crippen molar-refractivity contribution >= 4 is 15.7 Å². The van der Waals surface area contributed by atoms with Crippen molar-refractivity contribution in [3.63, 3.8) is 0 Å². The third kappa shape index (κ3) is 2.76. The largest absolute Gasteiger partial charge is 0.504 e. The van der Waals surface area contributed by atoms with Crippen LogP contribution in [0.2, 0.25) is 0 Å². The van der Waals surface area contributed by atoms with E-state index in [0.29, 0.717) is 13.1 Å². The molecule has 2 aliphatic rings. The summed E-state index contributed by atoms with van der Waals surface area (Å²) >= 11 is 0. The molecule has 1 aromatic rings. The highest BCUT2D eigenvalue weighted by Crippen LogP contribution is 2.33. The van der Waals surface area contributed by atoms with E-state index < -0.39 is 9.84 Å². The summed E-state index contributed by atoms with van der Waals surface area (Å²) in [6.07, 6.45) is 0. The van der Waals surface area contributed by atoms with Gasteiger partial charge in [0.2, 0.25) is 0 Å². The number of aromatic hydroxyl groups is 1. The predicted octanol–water partition coefficient (Wildman–Crippen LogP) is -0.0460. The summed E-state index contributed by atoms with van der Waals surface area (Å²) in [5.74, 6) is -0.306. The van der Waals surface area contributed by atoms with Crippen molar-refractivity contribution in [2.75, 3.05) is 38.8 Å². The van der Waals surface area contributed by atoms with Crippen LogP contribution in [0.15, 0.2) is 18.2 Å². The van der Waals surface area contributed by atoms with Gasteiger partial charge in [-0.2, -0.15) is 0 Å². The van der Waals surface area contributed by atoms with Gasteiger partial charge in [-0.15, -0.1) is 0 Å². The summed E-state index contributed by atoms with van der Waals surface area (Å²) in [7, 11) is 0.138. The lowest BCUT2D eigenvalue weighted by Crippen LogP contribution is -2.59. The molecule has 2 saturated heterocycles. The molecule has 7 nitrogen and oxygen atoms in total. The van der Waals surface area contributed by atoms with Gasteiger partial charge in [0.15, 0.2) is 21.3 Å². The number of nitrogens with zero attached hydrogens (tertiary/aromatic N) is 2. The summed E-state index contributed by atoms with van der Waals surface area (Å²) in [6, 6.07) is 4.16. The minimum Gasteiger partial charge on any atom is -0.504 e. The van der Waals surface area contributed by atoms with Gasteiger partial charge < -0.3 is 14.7 Å². The maximum atomic E-state index is 12.8. The third-order valence-corrected chi connectivity index (χ3v) is 6.36. The van der Waals surface area contributed by atoms with Crippen molar-refractivity contribution in [3.8, 4) is 11.5 Å². The highest BCUT2D eigenvalue weighted by molar-refractivity contribution is 7.91. The molecule has 126 valence electrons. The van der Waals surface area contributed by atoms with Crippen LogP contribution in [0.4, 0.5) is 0 Å². The highest BCUT2D eigenvalue weighted by Gasteiger charge is 2.47. The van der Waals surface area contributed by atoms with Crippen LogP contribution in [-0.2, 0) is 9.84 Å². The maximum absolute atomic E-state index is 12.8. The molecular weight excluding hydrogens is 320 g/mol. The van der Waals surface area contributed by atoms with Crippen LogP contribution in [0.1, 0.15) is 10.4 Å². The second-order valence-corrected chi connectivity index (χ2v) is 8.20. The molecule has 0 aliphatic carbocycles. The van der Waals surface area contributed by atoms with Crippen LogP contribution < -0.4 is 4.74 Å². The zero-order valence-corrected chi connectivity index (χ0v) is 13.9. The fourth-order valence-electron chi connectivity index (χ4n) is 3.39. The quantitative estimate of drug-likeness (QED) is 0.812. The fourth-order valence-corrected chi connectivity index (χ4v) is 5.45. The van der Waals surface area contributed by atoms with Crippen molar-refractivity contribution in [1.29, 1.82) is 0 Å². The normalized spacial score (nSPS) is 26.8. The molecule has 1 aromatic carbocycles. The number of likely N-dealkylation sites (N-methyl/N-ethyl adjacent to an activating group) is 1. The van der Waals surface area contributed by atoms with E-state index in [1.165, 1.54) is 13.2 Å². The summed E-state index contributed by atoms with van der Waals surface area (Å²) in [5, 5.41) is 10.2. The van der Waals surface area contributed by atoms with Crippen molar-refractivity contribution < 1.29 is 23.1 Å². The number of hydrogen-bond acceptors (Lipinski definition) is 6. The average molecular weight is 340 g/mol. The van der Waals surface area contributed by atoms with Crippen molar-refractivity contribution in [1.82, 2.24) is 9.80 Å². The Morgan fingerprint density at radius 1 is 1.26 bits per heavy atom. The van der Waals surface area contributed by atoms with Gasteiger partial charge in [0, 0.05) is 19.1 Å². The number of hydrogen-bond donors (Lipinski definition) is 1. The van der Waals surface area contributed by atoms with Gasteiger partial charge in [-0.25, -0.2) is 8.42 Å². The number of sulfone groups is 1. The molecule has 8 heteroatoms. The molecular formula is C15H20N2O5S. The standard InChI is InChI=1S/C15H20N2O5S/c1-16-6-7-17(12-9-23(20,21)8-11(12)16)15(19)10-4-3-5-13(22-2)14(10)18/h3-5,11-12,18H,6-9H2,1-2H3/t11-,12+/m0/s1. The summed E-state index contributed by atoms with van der Waals surface area (Å²) in [5.41, 5.74) is 0.136. The molecule has 2 heterocycles. The molecule has 2 fully saturated rings. The molecule has 0 bridgehead atoms. The Balaban J connectivity index is 1.94. The van der Waals surface area contributed by atoms with E-state index in [1.807, 2.05) is 11.9 Å². The van der Waals surface area contributed by atoms with E-state index in [0.717, 1.165) is 0 Å². The Hall–Kier alpha value is -1.80. The number of fused-ring (bicyclic) bond motifs is 1. The summed E-state index contributed by atoms with van der Waals surface area (Å²) in [6.45, 7) is 1.04. The summed E-state index contributed by atoms with van der Waals surface area (Å²) < 4.78 is 29.0. The first-order valence-corrected chi connectivity index (χ1v) is 9.24. The lowest BCUT2D eigenvalue weighted by Gasteiger charge is -2.42. The van der Waals surface area contributed by atoms with Gasteiger partial charge in [-0.1, -0.05) is 6.07 Å². The summed E-state index contributed by atoms with van der Waals surface area (Å²) in [4.78, 5) is 16.4. The molecule has 0 saturated carbocycles. The van der Waals surface area contributed by atoms with E-state index in [1.54, 1.807) is 17.0 Å². The molecule has 1 N–H and O–H groups in total. The number of carbonyl (C=O) groups is 1. The molecule has 0 radical (unpaired) electrons. The van der Waals surface area contributed by atoms with Crippen molar-refractivity contribution in [3.05, 3.63) is 23.8 Å². The number of rotatable bonds is 2. The van der Waals surface area contributed by atoms with Crippen LogP contribution in [0.5, 0.6) is 11.5 Å². The lowest BCUT2D eigenvalue weighted by atomic mass is 10.0.